The normalized spacial score (nSPS) is 13.5. The van der Waals surface area contributed by atoms with Crippen LogP contribution in [0.1, 0.15) is 29.5 Å². The number of anilines is 1. The van der Waals surface area contributed by atoms with Crippen LogP contribution in [-0.4, -0.2) is 19.5 Å². The summed E-state index contributed by atoms with van der Waals surface area (Å²) in [6.45, 7) is 0.519. The second-order valence-corrected chi connectivity index (χ2v) is 6.09. The second kappa shape index (κ2) is 6.65. The van der Waals surface area contributed by atoms with Crippen LogP contribution in [0.3, 0.4) is 0 Å². The van der Waals surface area contributed by atoms with Gasteiger partial charge in [0.25, 0.3) is 5.56 Å². The number of hydrogen-bond acceptors (Lipinski definition) is 4. The molecule has 1 aromatic carbocycles. The van der Waals surface area contributed by atoms with Gasteiger partial charge in [-0.3, -0.25) is 9.36 Å². The van der Waals surface area contributed by atoms with Gasteiger partial charge in [0.1, 0.15) is 0 Å². The van der Waals surface area contributed by atoms with E-state index in [1.54, 1.807) is 0 Å². The first-order valence-electron chi connectivity index (χ1n) is 8.02. The zero-order valence-electron chi connectivity index (χ0n) is 13.3. The zero-order valence-corrected chi connectivity index (χ0v) is 14.1. The lowest BCUT2D eigenvalue weighted by molar-refractivity contribution is 0.664. The van der Waals surface area contributed by atoms with Gasteiger partial charge in [0.15, 0.2) is 11.2 Å². The highest BCUT2D eigenvalue weighted by Gasteiger charge is 2.12. The van der Waals surface area contributed by atoms with E-state index in [1.807, 2.05) is 0 Å². The lowest BCUT2D eigenvalue weighted by atomic mass is 9.90. The number of aromatic nitrogens is 4. The molecule has 7 heteroatoms. The Bertz CT molecular complexity index is 930. The molecule has 0 amide bonds. The van der Waals surface area contributed by atoms with Crippen molar-refractivity contribution in [1.29, 1.82) is 0 Å². The maximum Gasteiger partial charge on any atom is 0.280 e. The van der Waals surface area contributed by atoms with Crippen LogP contribution in [0.5, 0.6) is 0 Å². The molecule has 0 atom stereocenters. The molecule has 0 saturated carbocycles. The van der Waals surface area contributed by atoms with Crippen LogP contribution in [0.4, 0.5) is 5.95 Å². The number of rotatable bonds is 3. The molecule has 4 rings (SSSR count). The Kier molecular flexibility index (Phi) is 4.57. The van der Waals surface area contributed by atoms with Crippen molar-refractivity contribution in [1.82, 2.24) is 19.5 Å². The highest BCUT2D eigenvalue weighted by molar-refractivity contribution is 5.85. The van der Waals surface area contributed by atoms with Gasteiger partial charge >= 0.3 is 0 Å². The van der Waals surface area contributed by atoms with Crippen LogP contribution in [-0.2, 0) is 25.8 Å². The topological polar surface area (TPSA) is 89.6 Å². The van der Waals surface area contributed by atoms with E-state index in [9.17, 15) is 4.79 Å². The molecule has 0 aliphatic heterocycles. The Labute approximate surface area is 145 Å². The lowest BCUT2D eigenvalue weighted by Crippen LogP contribution is -2.25. The third-order valence-corrected chi connectivity index (χ3v) is 4.61. The number of hydrogen-bond donors (Lipinski definition) is 2. The summed E-state index contributed by atoms with van der Waals surface area (Å²) in [5.41, 5.74) is 10.7. The van der Waals surface area contributed by atoms with E-state index < -0.39 is 0 Å². The van der Waals surface area contributed by atoms with Gasteiger partial charge in [0, 0.05) is 6.54 Å². The lowest BCUT2D eigenvalue weighted by Gasteiger charge is -2.17. The summed E-state index contributed by atoms with van der Waals surface area (Å²) in [6, 6.07) is 6.66. The number of aromatic amines is 1. The summed E-state index contributed by atoms with van der Waals surface area (Å²) in [6.07, 6.45) is 7.12. The van der Waals surface area contributed by atoms with Gasteiger partial charge in [0.05, 0.1) is 6.33 Å². The van der Waals surface area contributed by atoms with E-state index in [0.717, 1.165) is 12.8 Å². The summed E-state index contributed by atoms with van der Waals surface area (Å²) in [7, 11) is 0. The van der Waals surface area contributed by atoms with Gasteiger partial charge in [-0.2, -0.15) is 4.98 Å². The molecule has 1 aliphatic rings. The van der Waals surface area contributed by atoms with Crippen LogP contribution in [0.2, 0.25) is 0 Å². The molecule has 0 radical (unpaired) electrons. The van der Waals surface area contributed by atoms with Gasteiger partial charge in [0.2, 0.25) is 5.95 Å². The van der Waals surface area contributed by atoms with E-state index >= 15 is 0 Å². The third-order valence-electron chi connectivity index (χ3n) is 4.61. The summed E-state index contributed by atoms with van der Waals surface area (Å²) < 4.78 is 1.51. The smallest absolute Gasteiger partial charge is 0.280 e. The number of nitrogens with two attached hydrogens (primary N) is 1. The van der Waals surface area contributed by atoms with Crippen molar-refractivity contribution in [2.24, 2.45) is 0 Å². The fraction of sp³-hybridized carbons (Fsp3) is 0.353. The zero-order chi connectivity index (χ0) is 15.8. The minimum absolute atomic E-state index is 0. The van der Waals surface area contributed by atoms with E-state index in [4.69, 9.17) is 5.73 Å². The van der Waals surface area contributed by atoms with Crippen molar-refractivity contribution in [2.75, 3.05) is 5.73 Å². The van der Waals surface area contributed by atoms with Crippen molar-refractivity contribution < 1.29 is 0 Å². The van der Waals surface area contributed by atoms with E-state index in [2.05, 4.69) is 33.2 Å². The largest absolute Gasteiger partial charge is 0.369 e. The summed E-state index contributed by atoms with van der Waals surface area (Å²) in [5, 5.41) is 0. The third kappa shape index (κ3) is 2.89. The number of imidazole rings is 1. The second-order valence-electron chi connectivity index (χ2n) is 6.09. The first kappa shape index (κ1) is 16.5. The maximum atomic E-state index is 12.4. The average Bonchev–Trinajstić information content (AvgIpc) is 3.03. The molecule has 0 spiro atoms. The molecule has 0 unspecified atom stereocenters. The number of benzene rings is 1. The monoisotopic (exact) mass is 345 g/mol. The Morgan fingerprint density at radius 2 is 2.00 bits per heavy atom. The molecule has 2 aromatic heterocycles. The number of fused-ring (bicyclic) bond motifs is 2. The van der Waals surface area contributed by atoms with Crippen LogP contribution in [0, 0.1) is 0 Å². The molecule has 6 nitrogen and oxygen atoms in total. The van der Waals surface area contributed by atoms with Crippen molar-refractivity contribution in [3.8, 4) is 0 Å². The van der Waals surface area contributed by atoms with Gasteiger partial charge in [-0.15, -0.1) is 12.4 Å². The minimum Gasteiger partial charge on any atom is -0.369 e. The number of halogens is 1. The highest BCUT2D eigenvalue weighted by Crippen LogP contribution is 2.22. The Morgan fingerprint density at radius 3 is 2.83 bits per heavy atom. The molecule has 3 aromatic rings. The van der Waals surface area contributed by atoms with Crippen molar-refractivity contribution in [3.63, 3.8) is 0 Å². The molecular weight excluding hydrogens is 326 g/mol. The molecule has 3 N–H and O–H groups in total. The first-order valence-corrected chi connectivity index (χ1v) is 8.02. The molecule has 0 fully saturated rings. The Morgan fingerprint density at radius 1 is 1.21 bits per heavy atom. The number of nitrogens with zero attached hydrogens (tertiary/aromatic N) is 3. The van der Waals surface area contributed by atoms with Gasteiger partial charge in [-0.05, 0) is 48.8 Å². The molecular formula is C17H20ClN5O. The molecule has 1 aliphatic carbocycles. The van der Waals surface area contributed by atoms with E-state index in [1.165, 1.54) is 46.8 Å². The van der Waals surface area contributed by atoms with E-state index in [-0.39, 0.29) is 23.9 Å². The fourth-order valence-electron chi connectivity index (χ4n) is 3.34. The van der Waals surface area contributed by atoms with Crippen LogP contribution < -0.4 is 11.3 Å². The molecule has 24 heavy (non-hydrogen) atoms. The van der Waals surface area contributed by atoms with Crippen LogP contribution in [0.25, 0.3) is 11.2 Å². The van der Waals surface area contributed by atoms with Crippen LogP contribution >= 0.6 is 12.4 Å². The number of aryl methyl sites for hydroxylation is 3. The molecule has 0 saturated heterocycles. The van der Waals surface area contributed by atoms with Gasteiger partial charge < -0.3 is 10.7 Å². The first-order chi connectivity index (χ1) is 11.2. The molecule has 0 bridgehead atoms. The van der Waals surface area contributed by atoms with Gasteiger partial charge in [-0.1, -0.05) is 18.2 Å². The fourth-order valence-corrected chi connectivity index (χ4v) is 3.34. The molecule has 2 heterocycles. The minimum atomic E-state index is -0.164. The van der Waals surface area contributed by atoms with Crippen molar-refractivity contribution in [3.05, 3.63) is 51.6 Å². The Hall–Kier alpha value is -2.34. The van der Waals surface area contributed by atoms with Crippen molar-refractivity contribution in [2.45, 2.75) is 38.6 Å². The maximum absolute atomic E-state index is 12.4. The quantitative estimate of drug-likeness (QED) is 0.761. The van der Waals surface area contributed by atoms with Crippen molar-refractivity contribution >= 4 is 29.5 Å². The number of nitrogens with one attached hydrogen (secondary N) is 1. The summed E-state index contributed by atoms with van der Waals surface area (Å²) in [5.74, 6) is 0.215. The average molecular weight is 346 g/mol. The standard InChI is InChI=1S/C17H19N5O.ClH/c18-17-21-15-14(19-10-20-15)16(23)22(17)8-7-11-5-6-12-3-1-2-4-13(12)9-11;/h5-6,9-10H,1-4,7-8H2,(H2,18,21)(H,19,20);1H. The highest BCUT2D eigenvalue weighted by atomic mass is 35.5. The SMILES string of the molecule is Cl.Nc1nc2nc[nH]c2c(=O)n1CCc1ccc2c(c1)CCCC2. The summed E-state index contributed by atoms with van der Waals surface area (Å²) >= 11 is 0. The molecule has 126 valence electrons. The van der Waals surface area contributed by atoms with E-state index in [0.29, 0.717) is 17.7 Å². The van der Waals surface area contributed by atoms with Crippen LogP contribution in [0.15, 0.2) is 29.3 Å². The number of nitrogen functional groups attached to an aromatic ring is 1. The number of H-pyrrole nitrogens is 1. The predicted octanol–water partition coefficient (Wildman–Crippen LogP) is 2.25. The Balaban J connectivity index is 0.00000169. The summed E-state index contributed by atoms with van der Waals surface area (Å²) in [4.78, 5) is 23.4. The van der Waals surface area contributed by atoms with Gasteiger partial charge in [-0.25, -0.2) is 4.98 Å². The predicted molar refractivity (Wildman–Crippen MR) is 96.6 cm³/mol.